The van der Waals surface area contributed by atoms with E-state index in [2.05, 4.69) is 6.92 Å². The number of hydrogen-bond acceptors (Lipinski definition) is 1. The topological polar surface area (TPSA) is 12.5 Å². The Morgan fingerprint density at radius 2 is 2.00 bits per heavy atom. The first-order valence-electron chi connectivity index (χ1n) is 4.05. The predicted molar refractivity (Wildman–Crippen MR) is 40.6 cm³/mol. The van der Waals surface area contributed by atoms with Crippen LogP contribution in [0.1, 0.15) is 40.0 Å². The van der Waals surface area contributed by atoms with Gasteiger partial charge in [-0.05, 0) is 6.42 Å². The van der Waals surface area contributed by atoms with Crippen LogP contribution in [0.15, 0.2) is 0 Å². The fraction of sp³-hybridized carbons (Fsp3) is 1.00. The second-order valence-corrected chi connectivity index (χ2v) is 2.10. The second-order valence-electron chi connectivity index (χ2n) is 2.10. The normalized spacial score (nSPS) is 22.3. The van der Waals surface area contributed by atoms with Crippen molar-refractivity contribution in [3.05, 3.63) is 0 Å². The first kappa shape index (κ1) is 8.96. The van der Waals surface area contributed by atoms with Gasteiger partial charge in [-0.2, -0.15) is 0 Å². The van der Waals surface area contributed by atoms with Crippen molar-refractivity contribution in [2.24, 2.45) is 0 Å². The molecule has 0 aromatic carbocycles. The van der Waals surface area contributed by atoms with Crippen molar-refractivity contribution in [1.29, 1.82) is 0 Å². The van der Waals surface area contributed by atoms with Crippen molar-refractivity contribution < 1.29 is 4.74 Å². The maximum Gasteiger partial charge on any atom is 0.0810 e. The zero-order valence-electron chi connectivity index (χ0n) is 6.81. The highest BCUT2D eigenvalue weighted by Crippen LogP contribution is 2.15. The smallest absolute Gasteiger partial charge is 0.0810 e. The number of hydrogen-bond donors (Lipinski definition) is 0. The van der Waals surface area contributed by atoms with Crippen LogP contribution in [0.5, 0.6) is 0 Å². The van der Waals surface area contributed by atoms with Gasteiger partial charge in [0, 0.05) is 0 Å². The average Bonchev–Trinajstić information content (AvgIpc) is 2.71. The van der Waals surface area contributed by atoms with Crippen LogP contribution in [-0.2, 0) is 4.74 Å². The Morgan fingerprint density at radius 3 is 2.33 bits per heavy atom. The summed E-state index contributed by atoms with van der Waals surface area (Å²) >= 11 is 0. The number of rotatable bonds is 3. The highest BCUT2D eigenvalue weighted by molar-refractivity contribution is 4.67. The zero-order valence-corrected chi connectivity index (χ0v) is 6.81. The van der Waals surface area contributed by atoms with Crippen molar-refractivity contribution >= 4 is 0 Å². The summed E-state index contributed by atoms with van der Waals surface area (Å²) in [6.45, 7) is 7.24. The summed E-state index contributed by atoms with van der Waals surface area (Å²) in [5, 5.41) is 0. The van der Waals surface area contributed by atoms with Gasteiger partial charge in [0.05, 0.1) is 12.7 Å². The second kappa shape index (κ2) is 6.09. The molecule has 1 atom stereocenters. The van der Waals surface area contributed by atoms with Gasteiger partial charge in [0.15, 0.2) is 0 Å². The molecule has 0 saturated carbocycles. The summed E-state index contributed by atoms with van der Waals surface area (Å²) < 4.78 is 5.01. The molecule has 0 aliphatic carbocycles. The highest BCUT2D eigenvalue weighted by Gasteiger charge is 2.20. The van der Waals surface area contributed by atoms with E-state index >= 15 is 0 Å². The molecule has 1 aliphatic heterocycles. The van der Waals surface area contributed by atoms with Gasteiger partial charge in [0.1, 0.15) is 0 Å². The van der Waals surface area contributed by atoms with E-state index in [1.807, 2.05) is 13.8 Å². The third-order valence-corrected chi connectivity index (χ3v) is 1.28. The van der Waals surface area contributed by atoms with Crippen molar-refractivity contribution in [1.82, 2.24) is 0 Å². The minimum Gasteiger partial charge on any atom is -0.373 e. The van der Waals surface area contributed by atoms with Crippen molar-refractivity contribution in [3.8, 4) is 0 Å². The summed E-state index contributed by atoms with van der Waals surface area (Å²) in [5.74, 6) is 0. The maximum absolute atomic E-state index is 5.01. The van der Waals surface area contributed by atoms with Crippen LogP contribution in [0, 0.1) is 0 Å². The largest absolute Gasteiger partial charge is 0.373 e. The summed E-state index contributed by atoms with van der Waals surface area (Å²) in [5.41, 5.74) is 0. The Morgan fingerprint density at radius 1 is 1.44 bits per heavy atom. The highest BCUT2D eigenvalue weighted by atomic mass is 16.6. The van der Waals surface area contributed by atoms with Crippen LogP contribution >= 0.6 is 0 Å². The Hall–Kier alpha value is -0.0400. The summed E-state index contributed by atoms with van der Waals surface area (Å²) in [6.07, 6.45) is 4.58. The van der Waals surface area contributed by atoms with Gasteiger partial charge < -0.3 is 4.74 Å². The fourth-order valence-electron chi connectivity index (χ4n) is 0.667. The number of epoxide rings is 1. The summed E-state index contributed by atoms with van der Waals surface area (Å²) in [4.78, 5) is 0. The van der Waals surface area contributed by atoms with E-state index in [-0.39, 0.29) is 0 Å². The van der Waals surface area contributed by atoms with Crippen molar-refractivity contribution in [2.75, 3.05) is 6.61 Å². The lowest BCUT2D eigenvalue weighted by Gasteiger charge is -1.86. The molecule has 1 aliphatic rings. The molecule has 0 bridgehead atoms. The van der Waals surface area contributed by atoms with Gasteiger partial charge >= 0.3 is 0 Å². The minimum absolute atomic E-state index is 0.653. The van der Waals surface area contributed by atoms with E-state index in [9.17, 15) is 0 Å². The SMILES string of the molecule is CC.CCCCC1CO1. The molecule has 1 rings (SSSR count). The molecule has 56 valence electrons. The van der Waals surface area contributed by atoms with Crippen LogP contribution < -0.4 is 0 Å². The van der Waals surface area contributed by atoms with E-state index in [0.29, 0.717) is 6.10 Å². The van der Waals surface area contributed by atoms with Crippen molar-refractivity contribution in [2.45, 2.75) is 46.1 Å². The molecule has 0 N–H and O–H groups in total. The lowest BCUT2D eigenvalue weighted by molar-refractivity contribution is 0.391. The molecule has 1 fully saturated rings. The molecule has 1 nitrogen and oxygen atoms in total. The average molecular weight is 130 g/mol. The Labute approximate surface area is 58.4 Å². The predicted octanol–water partition coefficient (Wildman–Crippen LogP) is 2.60. The van der Waals surface area contributed by atoms with Crippen LogP contribution in [0.4, 0.5) is 0 Å². The van der Waals surface area contributed by atoms with Crippen LogP contribution in [-0.4, -0.2) is 12.7 Å². The first-order valence-corrected chi connectivity index (χ1v) is 4.05. The number of unbranched alkanes of at least 4 members (excludes halogenated alkanes) is 1. The van der Waals surface area contributed by atoms with Gasteiger partial charge in [-0.3, -0.25) is 0 Å². The standard InChI is InChI=1S/C6H12O.C2H6/c1-2-3-4-6-5-7-6;1-2/h6H,2-5H2,1H3;1-2H3. The van der Waals surface area contributed by atoms with Gasteiger partial charge in [-0.15, -0.1) is 0 Å². The lowest BCUT2D eigenvalue weighted by Crippen LogP contribution is -1.81. The lowest BCUT2D eigenvalue weighted by atomic mass is 10.2. The van der Waals surface area contributed by atoms with E-state index < -0.39 is 0 Å². The van der Waals surface area contributed by atoms with E-state index in [1.54, 1.807) is 0 Å². The third-order valence-electron chi connectivity index (χ3n) is 1.28. The molecule has 0 aromatic rings. The van der Waals surface area contributed by atoms with Gasteiger partial charge in [0.2, 0.25) is 0 Å². The molecular formula is C8H18O. The summed E-state index contributed by atoms with van der Waals surface area (Å²) in [7, 11) is 0. The quantitative estimate of drug-likeness (QED) is 0.535. The van der Waals surface area contributed by atoms with Crippen molar-refractivity contribution in [3.63, 3.8) is 0 Å². The van der Waals surface area contributed by atoms with Gasteiger partial charge in [-0.1, -0.05) is 33.6 Å². The van der Waals surface area contributed by atoms with E-state index in [4.69, 9.17) is 4.74 Å². The molecule has 0 spiro atoms. The molecular weight excluding hydrogens is 112 g/mol. The van der Waals surface area contributed by atoms with Crippen LogP contribution in [0.2, 0.25) is 0 Å². The maximum atomic E-state index is 5.01. The Bertz CT molecular complexity index is 48.5. The molecule has 0 radical (unpaired) electrons. The molecule has 9 heavy (non-hydrogen) atoms. The zero-order chi connectivity index (χ0) is 7.11. The van der Waals surface area contributed by atoms with E-state index in [1.165, 1.54) is 19.3 Å². The number of ether oxygens (including phenoxy) is 1. The van der Waals surface area contributed by atoms with Gasteiger partial charge in [-0.25, -0.2) is 0 Å². The fourth-order valence-corrected chi connectivity index (χ4v) is 0.667. The van der Waals surface area contributed by atoms with E-state index in [0.717, 1.165) is 6.61 Å². The molecule has 1 unspecified atom stereocenters. The molecule has 1 heterocycles. The molecule has 1 heteroatoms. The Kier molecular flexibility index (Phi) is 6.06. The monoisotopic (exact) mass is 130 g/mol. The first-order chi connectivity index (χ1) is 4.43. The Balaban J connectivity index is 0.000000291. The molecule has 1 saturated heterocycles. The molecule has 0 aromatic heterocycles. The van der Waals surface area contributed by atoms with Gasteiger partial charge in [0.25, 0.3) is 0 Å². The van der Waals surface area contributed by atoms with Crippen LogP contribution in [0.3, 0.4) is 0 Å². The molecule has 0 amide bonds. The summed E-state index contributed by atoms with van der Waals surface area (Å²) in [6, 6.07) is 0. The minimum atomic E-state index is 0.653. The van der Waals surface area contributed by atoms with Crippen LogP contribution in [0.25, 0.3) is 0 Å². The third kappa shape index (κ3) is 5.84.